The summed E-state index contributed by atoms with van der Waals surface area (Å²) in [6, 6.07) is 18.7. The molecule has 0 saturated carbocycles. The highest BCUT2D eigenvalue weighted by Gasteiger charge is 2.16. The molecule has 3 aromatic rings. The van der Waals surface area contributed by atoms with Crippen molar-refractivity contribution in [2.75, 3.05) is 5.32 Å². The first kappa shape index (κ1) is 23.2. The number of rotatable bonds is 7. The third kappa shape index (κ3) is 6.50. The number of nitrogens with zero attached hydrogens (tertiary/aromatic N) is 1. The summed E-state index contributed by atoms with van der Waals surface area (Å²) in [6.07, 6.45) is 1.43. The number of hydrogen-bond donors (Lipinski definition) is 2. The van der Waals surface area contributed by atoms with E-state index in [1.165, 1.54) is 49.5 Å². The van der Waals surface area contributed by atoms with Gasteiger partial charge in [0.05, 0.1) is 6.21 Å². The van der Waals surface area contributed by atoms with E-state index in [0.29, 0.717) is 16.8 Å². The fourth-order valence-corrected chi connectivity index (χ4v) is 3.88. The van der Waals surface area contributed by atoms with E-state index in [1.54, 1.807) is 30.3 Å². The van der Waals surface area contributed by atoms with Crippen LogP contribution in [0.3, 0.4) is 0 Å². The lowest BCUT2D eigenvalue weighted by Crippen LogP contribution is -2.17. The molecule has 32 heavy (non-hydrogen) atoms. The van der Waals surface area contributed by atoms with E-state index in [2.05, 4.69) is 31.8 Å². The minimum absolute atomic E-state index is 0.0486. The van der Waals surface area contributed by atoms with Gasteiger partial charge in [-0.2, -0.15) is 13.5 Å². The number of hydrazone groups is 1. The first-order chi connectivity index (χ1) is 15.2. The number of carbonyl (C=O) groups is 2. The zero-order valence-corrected chi connectivity index (χ0v) is 19.2. The van der Waals surface area contributed by atoms with Crippen molar-refractivity contribution in [1.29, 1.82) is 0 Å². The van der Waals surface area contributed by atoms with Crippen LogP contribution in [0.4, 0.5) is 5.69 Å². The number of carbonyl (C=O) groups excluding carboxylic acids is 2. The smallest absolute Gasteiger partial charge is 0.339 e. The molecule has 0 bridgehead atoms. The highest BCUT2D eigenvalue weighted by Crippen LogP contribution is 2.20. The standard InChI is InChI=1S/C22H18BrN3O5S/c1-15(27)25-19-7-11-21(12-8-19)32(29,30)31-20-9-5-16(6-10-20)14-24-26-22(28)17-3-2-4-18(23)13-17/h2-14H,1H3,(H,25,27)(H,26,28)/b24-14-. The van der Waals surface area contributed by atoms with Gasteiger partial charge in [0.1, 0.15) is 10.6 Å². The Labute approximate surface area is 193 Å². The number of amides is 2. The van der Waals surface area contributed by atoms with E-state index < -0.39 is 10.1 Å². The summed E-state index contributed by atoms with van der Waals surface area (Å²) >= 11 is 3.30. The summed E-state index contributed by atoms with van der Waals surface area (Å²) in [7, 11) is -4.04. The quantitative estimate of drug-likeness (QED) is 0.281. The SMILES string of the molecule is CC(=O)Nc1ccc(S(=O)(=O)Oc2ccc(/C=N\NC(=O)c3cccc(Br)c3)cc2)cc1. The molecule has 0 spiro atoms. The van der Waals surface area contributed by atoms with Crippen molar-refractivity contribution >= 4 is 49.8 Å². The number of halogens is 1. The zero-order chi connectivity index (χ0) is 23.1. The molecule has 0 radical (unpaired) electrons. The molecule has 0 atom stereocenters. The highest BCUT2D eigenvalue weighted by molar-refractivity contribution is 9.10. The topological polar surface area (TPSA) is 114 Å². The molecule has 2 amide bonds. The molecular weight excluding hydrogens is 498 g/mol. The van der Waals surface area contributed by atoms with Crippen LogP contribution in [0.25, 0.3) is 0 Å². The molecule has 0 aromatic heterocycles. The van der Waals surface area contributed by atoms with E-state index in [9.17, 15) is 18.0 Å². The predicted octanol–water partition coefficient (Wildman–Crippen LogP) is 3.94. The van der Waals surface area contributed by atoms with Crippen molar-refractivity contribution in [3.63, 3.8) is 0 Å². The normalized spacial score (nSPS) is 11.2. The van der Waals surface area contributed by atoms with Gasteiger partial charge in [-0.1, -0.05) is 22.0 Å². The molecule has 8 nitrogen and oxygen atoms in total. The molecular formula is C22H18BrN3O5S. The van der Waals surface area contributed by atoms with Gasteiger partial charge in [0, 0.05) is 22.6 Å². The van der Waals surface area contributed by atoms with Crippen LogP contribution in [0.15, 0.2) is 87.3 Å². The minimum atomic E-state index is -4.04. The van der Waals surface area contributed by atoms with Gasteiger partial charge in [-0.15, -0.1) is 0 Å². The van der Waals surface area contributed by atoms with Crippen LogP contribution in [0.5, 0.6) is 5.75 Å². The second-order valence-electron chi connectivity index (χ2n) is 6.52. The minimum Gasteiger partial charge on any atom is -0.379 e. The van der Waals surface area contributed by atoms with Crippen LogP contribution in [-0.4, -0.2) is 26.4 Å². The first-order valence-electron chi connectivity index (χ1n) is 9.24. The maximum atomic E-state index is 12.4. The average Bonchev–Trinajstić information content (AvgIpc) is 2.74. The lowest BCUT2D eigenvalue weighted by molar-refractivity contribution is -0.114. The van der Waals surface area contributed by atoms with E-state index in [4.69, 9.17) is 4.18 Å². The number of hydrogen-bond acceptors (Lipinski definition) is 6. The average molecular weight is 516 g/mol. The monoisotopic (exact) mass is 515 g/mol. The largest absolute Gasteiger partial charge is 0.379 e. The van der Waals surface area contributed by atoms with Crippen LogP contribution in [0.1, 0.15) is 22.8 Å². The van der Waals surface area contributed by atoms with Crippen molar-refractivity contribution in [2.45, 2.75) is 11.8 Å². The van der Waals surface area contributed by atoms with E-state index in [-0.39, 0.29) is 22.5 Å². The van der Waals surface area contributed by atoms with E-state index >= 15 is 0 Å². The van der Waals surface area contributed by atoms with Gasteiger partial charge in [0.15, 0.2) is 0 Å². The zero-order valence-electron chi connectivity index (χ0n) is 16.8. The Morgan fingerprint density at radius 1 is 1.00 bits per heavy atom. The van der Waals surface area contributed by atoms with Gasteiger partial charge in [0.2, 0.25) is 5.91 Å². The molecule has 0 unspecified atom stereocenters. The third-order valence-electron chi connectivity index (χ3n) is 4.02. The Balaban J connectivity index is 1.60. The fraction of sp³-hybridized carbons (Fsp3) is 0.0455. The summed E-state index contributed by atoms with van der Waals surface area (Å²) in [5.74, 6) is -0.502. The van der Waals surface area contributed by atoms with Crippen LogP contribution in [0.2, 0.25) is 0 Å². The Hall–Kier alpha value is -3.50. The highest BCUT2D eigenvalue weighted by atomic mass is 79.9. The summed E-state index contributed by atoms with van der Waals surface area (Å²) in [4.78, 5) is 23.1. The number of anilines is 1. The van der Waals surface area contributed by atoms with Gasteiger partial charge in [-0.3, -0.25) is 9.59 Å². The third-order valence-corrected chi connectivity index (χ3v) is 5.77. The van der Waals surface area contributed by atoms with Crippen molar-refractivity contribution in [1.82, 2.24) is 5.43 Å². The van der Waals surface area contributed by atoms with Gasteiger partial charge >= 0.3 is 10.1 Å². The second kappa shape index (κ2) is 10.2. The van der Waals surface area contributed by atoms with Crippen LogP contribution < -0.4 is 14.9 Å². The second-order valence-corrected chi connectivity index (χ2v) is 8.98. The van der Waals surface area contributed by atoms with Crippen molar-refractivity contribution in [3.05, 3.63) is 88.4 Å². The molecule has 0 fully saturated rings. The Kier molecular flexibility index (Phi) is 7.39. The molecule has 0 heterocycles. The first-order valence-corrected chi connectivity index (χ1v) is 11.4. The predicted molar refractivity (Wildman–Crippen MR) is 124 cm³/mol. The molecule has 2 N–H and O–H groups in total. The summed E-state index contributed by atoms with van der Waals surface area (Å²) in [5, 5.41) is 6.46. The van der Waals surface area contributed by atoms with Crippen molar-refractivity contribution in [2.24, 2.45) is 5.10 Å². The van der Waals surface area contributed by atoms with Crippen LogP contribution in [-0.2, 0) is 14.9 Å². The van der Waals surface area contributed by atoms with Gasteiger partial charge in [-0.05, 0) is 72.3 Å². The van der Waals surface area contributed by atoms with E-state index in [0.717, 1.165) is 4.47 Å². The Morgan fingerprint density at radius 3 is 2.31 bits per heavy atom. The number of benzene rings is 3. The molecule has 0 aliphatic heterocycles. The van der Waals surface area contributed by atoms with Gasteiger partial charge in [-0.25, -0.2) is 5.43 Å². The molecule has 3 aromatic carbocycles. The summed E-state index contributed by atoms with van der Waals surface area (Å²) in [5.41, 5.74) is 3.98. The number of nitrogens with one attached hydrogen (secondary N) is 2. The van der Waals surface area contributed by atoms with Gasteiger partial charge < -0.3 is 9.50 Å². The summed E-state index contributed by atoms with van der Waals surface area (Å²) < 4.78 is 30.8. The Morgan fingerprint density at radius 2 is 1.69 bits per heavy atom. The molecule has 0 saturated heterocycles. The van der Waals surface area contributed by atoms with Crippen LogP contribution >= 0.6 is 15.9 Å². The lowest BCUT2D eigenvalue weighted by Gasteiger charge is -2.08. The lowest BCUT2D eigenvalue weighted by atomic mass is 10.2. The molecule has 164 valence electrons. The van der Waals surface area contributed by atoms with Crippen LogP contribution in [0, 0.1) is 0 Å². The van der Waals surface area contributed by atoms with Crippen molar-refractivity contribution < 1.29 is 22.2 Å². The van der Waals surface area contributed by atoms with Crippen molar-refractivity contribution in [3.8, 4) is 5.75 Å². The fourth-order valence-electron chi connectivity index (χ4n) is 2.55. The maximum absolute atomic E-state index is 12.4. The molecule has 0 aliphatic carbocycles. The van der Waals surface area contributed by atoms with Gasteiger partial charge in [0.25, 0.3) is 5.91 Å². The molecule has 0 aliphatic rings. The van der Waals surface area contributed by atoms with E-state index in [1.807, 2.05) is 6.07 Å². The molecule has 10 heteroatoms. The Bertz CT molecular complexity index is 1260. The molecule has 3 rings (SSSR count). The maximum Gasteiger partial charge on any atom is 0.339 e. The summed E-state index contributed by atoms with van der Waals surface area (Å²) in [6.45, 7) is 1.36.